The first-order chi connectivity index (χ1) is 19.2. The van der Waals surface area contributed by atoms with Crippen LogP contribution in [-0.2, 0) is 20.8 Å². The van der Waals surface area contributed by atoms with Crippen molar-refractivity contribution in [2.45, 2.75) is 89.5 Å². The lowest BCUT2D eigenvalue weighted by molar-refractivity contribution is -0.197. The average Bonchev–Trinajstić information content (AvgIpc) is 3.58. The molecule has 2 aliphatic rings. The van der Waals surface area contributed by atoms with E-state index in [2.05, 4.69) is 34.4 Å². The van der Waals surface area contributed by atoms with Gasteiger partial charge in [0.25, 0.3) is 0 Å². The van der Waals surface area contributed by atoms with E-state index in [9.17, 15) is 0 Å². The molecule has 218 valence electrons. The monoisotopic (exact) mass is 554 g/mol. The lowest BCUT2D eigenvalue weighted by atomic mass is 10.0. The number of hydrogen-bond acceptors (Lipinski definition) is 10. The summed E-state index contributed by atoms with van der Waals surface area (Å²) >= 11 is 0. The van der Waals surface area contributed by atoms with Crippen molar-refractivity contribution in [1.29, 1.82) is 0 Å². The molecular formula is C29H42N6O5. The molecule has 0 bridgehead atoms. The predicted molar refractivity (Wildman–Crippen MR) is 152 cm³/mol. The van der Waals surface area contributed by atoms with Gasteiger partial charge in [-0.05, 0) is 51.4 Å². The molecule has 0 radical (unpaired) electrons. The molecule has 2 saturated heterocycles. The lowest BCUT2D eigenvalue weighted by Crippen LogP contribution is -2.37. The highest BCUT2D eigenvalue weighted by Crippen LogP contribution is 2.45. The van der Waals surface area contributed by atoms with Crippen molar-refractivity contribution in [2.75, 3.05) is 26.1 Å². The van der Waals surface area contributed by atoms with Crippen molar-refractivity contribution in [3.05, 3.63) is 42.4 Å². The van der Waals surface area contributed by atoms with Crippen LogP contribution >= 0.6 is 0 Å². The molecule has 5 atom stereocenters. The number of anilines is 1. The van der Waals surface area contributed by atoms with Crippen LogP contribution in [0, 0.1) is 0 Å². The Kier molecular flexibility index (Phi) is 8.48. The SMILES string of the molecule is COc1ccc(CNc2ncnc3c2ccn3[C@@H]2O[C@H](CC(N)CCNC(C)C)[C@H]3OC(C)(C)O[C@H]32)c(OC)c1. The molecule has 1 unspecified atom stereocenters. The molecule has 11 heteroatoms. The lowest BCUT2D eigenvalue weighted by Gasteiger charge is -2.26. The van der Waals surface area contributed by atoms with E-state index in [1.165, 1.54) is 0 Å². The van der Waals surface area contributed by atoms with E-state index >= 15 is 0 Å². The van der Waals surface area contributed by atoms with Gasteiger partial charge in [0.15, 0.2) is 12.0 Å². The number of methoxy groups -OCH3 is 2. The maximum atomic E-state index is 6.60. The van der Waals surface area contributed by atoms with Gasteiger partial charge in [0, 0.05) is 36.5 Å². The van der Waals surface area contributed by atoms with Crippen LogP contribution in [0.25, 0.3) is 11.0 Å². The second kappa shape index (κ2) is 11.9. The molecular weight excluding hydrogens is 512 g/mol. The molecule has 0 spiro atoms. The number of rotatable bonds is 12. The largest absolute Gasteiger partial charge is 0.497 e. The average molecular weight is 555 g/mol. The molecule has 0 amide bonds. The Hall–Kier alpha value is -2.96. The summed E-state index contributed by atoms with van der Waals surface area (Å²) in [6, 6.07) is 8.16. The first-order valence-corrected chi connectivity index (χ1v) is 14.0. The van der Waals surface area contributed by atoms with E-state index in [-0.39, 0.29) is 24.4 Å². The molecule has 11 nitrogen and oxygen atoms in total. The molecule has 1 aromatic carbocycles. The Bertz CT molecular complexity index is 1300. The van der Waals surface area contributed by atoms with Crippen LogP contribution in [0.3, 0.4) is 0 Å². The number of nitrogens with one attached hydrogen (secondary N) is 2. The molecule has 0 saturated carbocycles. The van der Waals surface area contributed by atoms with Crippen LogP contribution in [0.15, 0.2) is 36.8 Å². The Labute approximate surface area is 235 Å². The van der Waals surface area contributed by atoms with Crippen LogP contribution in [-0.4, -0.2) is 71.5 Å². The summed E-state index contributed by atoms with van der Waals surface area (Å²) in [6.45, 7) is 9.53. The molecule has 2 aromatic heterocycles. The molecule has 3 aromatic rings. The van der Waals surface area contributed by atoms with Gasteiger partial charge >= 0.3 is 0 Å². The second-order valence-corrected chi connectivity index (χ2v) is 11.2. The van der Waals surface area contributed by atoms with E-state index < -0.39 is 12.0 Å². The maximum Gasteiger partial charge on any atom is 0.164 e. The van der Waals surface area contributed by atoms with E-state index in [0.29, 0.717) is 19.0 Å². The number of fused-ring (bicyclic) bond motifs is 2. The fraction of sp³-hybridized carbons (Fsp3) is 0.586. The summed E-state index contributed by atoms with van der Waals surface area (Å²) in [5.74, 6) is 1.49. The van der Waals surface area contributed by atoms with Gasteiger partial charge in [-0.1, -0.05) is 13.8 Å². The maximum absolute atomic E-state index is 6.60. The molecule has 2 aliphatic heterocycles. The summed E-state index contributed by atoms with van der Waals surface area (Å²) < 4.78 is 32.2. The third kappa shape index (κ3) is 6.03. The van der Waals surface area contributed by atoms with Gasteiger partial charge in [-0.25, -0.2) is 9.97 Å². The van der Waals surface area contributed by atoms with Gasteiger partial charge in [0.05, 0.1) is 25.7 Å². The first kappa shape index (κ1) is 28.6. The fourth-order valence-corrected chi connectivity index (χ4v) is 5.54. The summed E-state index contributed by atoms with van der Waals surface area (Å²) in [6.07, 6.45) is 3.98. The van der Waals surface area contributed by atoms with Crippen molar-refractivity contribution in [2.24, 2.45) is 5.73 Å². The molecule has 5 rings (SSSR count). The number of aromatic nitrogens is 3. The minimum atomic E-state index is -0.707. The standard InChI is InChI=1S/C29H42N6O5/c1-17(2)31-11-9-19(30)13-23-24-25(40-29(3,4)39-24)28(38-23)35-12-10-21-26(33-16-34-27(21)35)32-15-18-7-8-20(36-5)14-22(18)37-6/h7-8,10,12,14,16-17,19,23-25,28,31H,9,11,13,15,30H2,1-6H3,(H,32,33,34)/t19?,23-,24-,25-,28-/m1/s1. The summed E-state index contributed by atoms with van der Waals surface area (Å²) in [5.41, 5.74) is 8.25. The fourth-order valence-electron chi connectivity index (χ4n) is 5.54. The molecule has 2 fully saturated rings. The van der Waals surface area contributed by atoms with Crippen LogP contribution in [0.5, 0.6) is 11.5 Å². The second-order valence-electron chi connectivity index (χ2n) is 11.2. The molecule has 4 heterocycles. The number of ether oxygens (including phenoxy) is 5. The quantitative estimate of drug-likeness (QED) is 0.306. The highest BCUT2D eigenvalue weighted by Gasteiger charge is 2.56. The minimum absolute atomic E-state index is 0.0163. The zero-order valence-electron chi connectivity index (χ0n) is 24.2. The number of hydrogen-bond donors (Lipinski definition) is 3. The van der Waals surface area contributed by atoms with E-state index in [4.69, 9.17) is 29.4 Å². The van der Waals surface area contributed by atoms with Crippen molar-refractivity contribution in [3.63, 3.8) is 0 Å². The zero-order valence-corrected chi connectivity index (χ0v) is 24.2. The first-order valence-electron chi connectivity index (χ1n) is 14.0. The highest BCUT2D eigenvalue weighted by atomic mass is 16.8. The van der Waals surface area contributed by atoms with Crippen molar-refractivity contribution in [1.82, 2.24) is 19.9 Å². The van der Waals surface area contributed by atoms with E-state index in [1.54, 1.807) is 20.5 Å². The van der Waals surface area contributed by atoms with Gasteiger partial charge in [0.1, 0.15) is 41.5 Å². The van der Waals surface area contributed by atoms with Crippen LogP contribution in [0.4, 0.5) is 5.82 Å². The van der Waals surface area contributed by atoms with Crippen molar-refractivity contribution < 1.29 is 23.7 Å². The van der Waals surface area contributed by atoms with Gasteiger partial charge in [-0.15, -0.1) is 0 Å². The van der Waals surface area contributed by atoms with E-state index in [0.717, 1.165) is 46.9 Å². The van der Waals surface area contributed by atoms with Crippen molar-refractivity contribution in [3.8, 4) is 11.5 Å². The Morgan fingerprint density at radius 2 is 1.90 bits per heavy atom. The normalized spacial score (nSPS) is 24.4. The topological polar surface area (TPSA) is 127 Å². The molecule has 4 N–H and O–H groups in total. The summed E-state index contributed by atoms with van der Waals surface area (Å²) in [4.78, 5) is 9.13. The van der Waals surface area contributed by atoms with Crippen LogP contribution in [0.1, 0.15) is 52.3 Å². The number of nitrogens with two attached hydrogens (primary N) is 1. The van der Waals surface area contributed by atoms with Crippen molar-refractivity contribution >= 4 is 16.9 Å². The number of benzene rings is 1. The molecule has 0 aliphatic carbocycles. The van der Waals surface area contributed by atoms with Gasteiger partial charge in [-0.3, -0.25) is 0 Å². The summed E-state index contributed by atoms with van der Waals surface area (Å²) in [5, 5.41) is 7.76. The Balaban J connectivity index is 1.34. The number of nitrogens with zero attached hydrogens (tertiary/aromatic N) is 3. The van der Waals surface area contributed by atoms with Gasteiger partial charge in [-0.2, -0.15) is 0 Å². The third-order valence-electron chi connectivity index (χ3n) is 7.45. The van der Waals surface area contributed by atoms with E-state index in [1.807, 2.05) is 48.9 Å². The van der Waals surface area contributed by atoms with Gasteiger partial charge in [0.2, 0.25) is 0 Å². The van der Waals surface area contributed by atoms with Crippen LogP contribution in [0.2, 0.25) is 0 Å². The Morgan fingerprint density at radius 1 is 1.10 bits per heavy atom. The molecule has 40 heavy (non-hydrogen) atoms. The highest BCUT2D eigenvalue weighted by molar-refractivity contribution is 5.87. The third-order valence-corrected chi connectivity index (χ3v) is 7.45. The predicted octanol–water partition coefficient (Wildman–Crippen LogP) is 3.58. The smallest absolute Gasteiger partial charge is 0.164 e. The Morgan fingerprint density at radius 3 is 2.65 bits per heavy atom. The minimum Gasteiger partial charge on any atom is -0.497 e. The van der Waals surface area contributed by atoms with Crippen LogP contribution < -0.4 is 25.8 Å². The summed E-state index contributed by atoms with van der Waals surface area (Å²) in [7, 11) is 3.28. The van der Waals surface area contributed by atoms with Gasteiger partial charge < -0.3 is 44.6 Å². The zero-order chi connectivity index (χ0) is 28.4.